The van der Waals surface area contributed by atoms with Gasteiger partial charge in [-0.25, -0.2) is 0 Å². The molecule has 0 bridgehead atoms. The molecule has 6 heteroatoms. The second-order valence-electron chi connectivity index (χ2n) is 8.94. The van der Waals surface area contributed by atoms with Crippen LogP contribution in [0, 0.1) is 6.92 Å². The number of rotatable bonds is 5. The summed E-state index contributed by atoms with van der Waals surface area (Å²) in [5, 5.41) is 9.18. The van der Waals surface area contributed by atoms with Gasteiger partial charge in [0.25, 0.3) is 5.91 Å². The molecule has 0 aliphatic carbocycles. The fraction of sp³-hybridized carbons (Fsp3) is 0.222. The van der Waals surface area contributed by atoms with E-state index in [9.17, 15) is 4.79 Å². The number of nitrogens with zero attached hydrogens (tertiary/aromatic N) is 3. The van der Waals surface area contributed by atoms with Crippen molar-refractivity contribution < 1.29 is 9.21 Å². The molecule has 1 fully saturated rings. The third-order valence-electron chi connectivity index (χ3n) is 5.39. The molecule has 0 saturated carbocycles. The van der Waals surface area contributed by atoms with Crippen LogP contribution in [-0.4, -0.2) is 22.2 Å². The summed E-state index contributed by atoms with van der Waals surface area (Å²) in [6.07, 6.45) is 5.22. The van der Waals surface area contributed by atoms with Crippen LogP contribution >= 0.6 is 11.8 Å². The molecule has 1 aromatic heterocycles. The highest BCUT2D eigenvalue weighted by atomic mass is 32.2. The fourth-order valence-corrected chi connectivity index (χ4v) is 4.32. The largest absolute Gasteiger partial charge is 0.467 e. The van der Waals surface area contributed by atoms with Crippen LogP contribution in [0.5, 0.6) is 0 Å². The van der Waals surface area contributed by atoms with Gasteiger partial charge < -0.3 is 4.42 Å². The third-order valence-corrected chi connectivity index (χ3v) is 6.38. The summed E-state index contributed by atoms with van der Waals surface area (Å²) >= 11 is 1.32. The maximum absolute atomic E-state index is 13.2. The second kappa shape index (κ2) is 9.63. The van der Waals surface area contributed by atoms with E-state index in [1.807, 2.05) is 61.5 Å². The van der Waals surface area contributed by atoms with Crippen molar-refractivity contribution in [1.29, 1.82) is 0 Å². The molecule has 4 rings (SSSR count). The fourth-order valence-electron chi connectivity index (χ4n) is 3.38. The molecule has 1 aliphatic rings. The number of carbonyl (C=O) groups is 1. The lowest BCUT2D eigenvalue weighted by Crippen LogP contribution is -2.28. The molecular formula is C27H27N3O2S. The average molecular weight is 458 g/mol. The number of aryl methyl sites for hydroxylation is 1. The van der Waals surface area contributed by atoms with Gasteiger partial charge >= 0.3 is 0 Å². The maximum atomic E-state index is 13.2. The Labute approximate surface area is 198 Å². The lowest BCUT2D eigenvalue weighted by molar-refractivity contribution is -0.122. The highest BCUT2D eigenvalue weighted by molar-refractivity contribution is 8.18. The van der Waals surface area contributed by atoms with Gasteiger partial charge in [-0.3, -0.25) is 9.69 Å². The topological polar surface area (TPSA) is 58.2 Å². The van der Waals surface area contributed by atoms with Gasteiger partial charge in [0.15, 0.2) is 5.17 Å². The maximum Gasteiger partial charge on any atom is 0.267 e. The lowest BCUT2D eigenvalue weighted by Gasteiger charge is -2.18. The van der Waals surface area contributed by atoms with Gasteiger partial charge in [-0.05, 0) is 64.6 Å². The highest BCUT2D eigenvalue weighted by Crippen LogP contribution is 2.34. The Hall–Kier alpha value is -3.38. The summed E-state index contributed by atoms with van der Waals surface area (Å²) < 4.78 is 5.46. The summed E-state index contributed by atoms with van der Waals surface area (Å²) in [6, 6.07) is 19.9. The van der Waals surface area contributed by atoms with Crippen molar-refractivity contribution in [2.45, 2.75) is 39.7 Å². The molecule has 0 radical (unpaired) electrons. The number of carbonyl (C=O) groups excluding carboxylic acids is 1. The van der Waals surface area contributed by atoms with Gasteiger partial charge in [-0.1, -0.05) is 69.3 Å². The zero-order valence-electron chi connectivity index (χ0n) is 19.3. The first kappa shape index (κ1) is 22.8. The van der Waals surface area contributed by atoms with Crippen LogP contribution in [0.2, 0.25) is 0 Å². The molecule has 33 heavy (non-hydrogen) atoms. The number of hydrogen-bond donors (Lipinski definition) is 0. The van der Waals surface area contributed by atoms with Gasteiger partial charge in [0.05, 0.1) is 23.9 Å². The SMILES string of the molecule is Cc1ccccc1/C=N\N=C1\S/C(=C\c2ccc(C(C)(C)C)cc2)C(=O)N1Cc1ccco1. The number of amides is 1. The number of hydrogen-bond acceptors (Lipinski definition) is 5. The molecule has 0 N–H and O–H groups in total. The van der Waals surface area contributed by atoms with Gasteiger partial charge in [0.1, 0.15) is 5.76 Å². The highest BCUT2D eigenvalue weighted by Gasteiger charge is 2.34. The van der Waals surface area contributed by atoms with Crippen LogP contribution in [-0.2, 0) is 16.8 Å². The second-order valence-corrected chi connectivity index (χ2v) is 9.95. The van der Waals surface area contributed by atoms with Gasteiger partial charge in [-0.15, -0.1) is 5.10 Å². The molecule has 1 aliphatic heterocycles. The summed E-state index contributed by atoms with van der Waals surface area (Å²) in [6.45, 7) is 8.88. The quantitative estimate of drug-likeness (QED) is 0.253. The minimum atomic E-state index is -0.110. The third kappa shape index (κ3) is 5.52. The van der Waals surface area contributed by atoms with Crippen LogP contribution in [0.15, 0.2) is 86.5 Å². The monoisotopic (exact) mass is 457 g/mol. The molecule has 1 amide bonds. The van der Waals surface area contributed by atoms with Crippen molar-refractivity contribution in [3.8, 4) is 0 Å². The molecule has 0 spiro atoms. The number of furan rings is 1. The minimum absolute atomic E-state index is 0.0817. The van der Waals surface area contributed by atoms with E-state index in [0.717, 1.165) is 16.7 Å². The molecule has 2 aromatic carbocycles. The van der Waals surface area contributed by atoms with Crippen LogP contribution in [0.25, 0.3) is 6.08 Å². The first-order chi connectivity index (χ1) is 15.8. The van der Waals surface area contributed by atoms with Crippen LogP contribution in [0.3, 0.4) is 0 Å². The Balaban J connectivity index is 1.61. The average Bonchev–Trinajstić information content (AvgIpc) is 3.39. The van der Waals surface area contributed by atoms with Gasteiger partial charge in [-0.2, -0.15) is 5.10 Å². The van der Waals surface area contributed by atoms with Gasteiger partial charge in [0.2, 0.25) is 0 Å². The number of amidine groups is 1. The molecular weight excluding hydrogens is 430 g/mol. The lowest BCUT2D eigenvalue weighted by atomic mass is 9.87. The molecule has 5 nitrogen and oxygen atoms in total. The van der Waals surface area contributed by atoms with Crippen molar-refractivity contribution in [3.05, 3.63) is 99.8 Å². The summed E-state index contributed by atoms with van der Waals surface area (Å²) in [5.74, 6) is 0.580. The van der Waals surface area contributed by atoms with E-state index in [1.165, 1.54) is 17.3 Å². The standard InChI is InChI=1S/C27H27N3O2S/c1-19-8-5-6-9-21(19)17-28-29-26-30(18-23-10-7-15-32-23)25(31)24(33-26)16-20-11-13-22(14-12-20)27(2,3)4/h5-17H,18H2,1-4H3/b24-16-,28-17-,29-26+. The van der Waals surface area contributed by atoms with Crippen molar-refractivity contribution in [2.24, 2.45) is 10.2 Å². The Bertz CT molecular complexity index is 1220. The molecule has 1 saturated heterocycles. The zero-order chi connectivity index (χ0) is 23.4. The van der Waals surface area contributed by atoms with E-state index in [4.69, 9.17) is 4.42 Å². The Morgan fingerprint density at radius 1 is 1.03 bits per heavy atom. The first-order valence-corrected chi connectivity index (χ1v) is 11.6. The molecule has 168 valence electrons. The summed E-state index contributed by atoms with van der Waals surface area (Å²) in [7, 11) is 0. The van der Waals surface area contributed by atoms with E-state index >= 15 is 0 Å². The molecule has 0 unspecified atom stereocenters. The number of thioether (sulfide) groups is 1. The van der Waals surface area contributed by atoms with Crippen molar-refractivity contribution >= 4 is 35.1 Å². The van der Waals surface area contributed by atoms with Crippen LogP contribution in [0.1, 0.15) is 48.8 Å². The van der Waals surface area contributed by atoms with Crippen LogP contribution < -0.4 is 0 Å². The molecule has 0 atom stereocenters. The Morgan fingerprint density at radius 2 is 1.79 bits per heavy atom. The summed E-state index contributed by atoms with van der Waals surface area (Å²) in [5.41, 5.74) is 4.41. The predicted octanol–water partition coefficient (Wildman–Crippen LogP) is 6.39. The molecule has 2 heterocycles. The van der Waals surface area contributed by atoms with E-state index in [2.05, 4.69) is 43.1 Å². The van der Waals surface area contributed by atoms with Gasteiger partial charge in [0, 0.05) is 0 Å². The Morgan fingerprint density at radius 3 is 2.45 bits per heavy atom. The molecule has 3 aromatic rings. The van der Waals surface area contributed by atoms with Crippen molar-refractivity contribution in [3.63, 3.8) is 0 Å². The number of benzene rings is 2. The van der Waals surface area contributed by atoms with Crippen molar-refractivity contribution in [1.82, 2.24) is 4.90 Å². The normalized spacial score (nSPS) is 17.1. The smallest absolute Gasteiger partial charge is 0.267 e. The zero-order valence-corrected chi connectivity index (χ0v) is 20.1. The minimum Gasteiger partial charge on any atom is -0.467 e. The van der Waals surface area contributed by atoms with E-state index in [0.29, 0.717) is 22.4 Å². The van der Waals surface area contributed by atoms with E-state index in [-0.39, 0.29) is 11.3 Å². The predicted molar refractivity (Wildman–Crippen MR) is 136 cm³/mol. The summed E-state index contributed by atoms with van der Waals surface area (Å²) in [4.78, 5) is 15.4. The van der Waals surface area contributed by atoms with Crippen LogP contribution in [0.4, 0.5) is 0 Å². The van der Waals surface area contributed by atoms with Crippen molar-refractivity contribution in [2.75, 3.05) is 0 Å². The van der Waals surface area contributed by atoms with E-state index in [1.54, 1.807) is 17.4 Å². The van der Waals surface area contributed by atoms with E-state index < -0.39 is 0 Å². The first-order valence-electron chi connectivity index (χ1n) is 10.8. The Kier molecular flexibility index (Phi) is 6.65.